The predicted molar refractivity (Wildman–Crippen MR) is 96.7 cm³/mol. The molecule has 1 aromatic rings. The molecule has 2 rings (SSSR count). The molecule has 4 heteroatoms. The van der Waals surface area contributed by atoms with Crippen LogP contribution in [0.5, 0.6) is 0 Å². The number of anilines is 1. The van der Waals surface area contributed by atoms with Gasteiger partial charge >= 0.3 is 0 Å². The average Bonchev–Trinajstić information content (AvgIpc) is 2.83. The van der Waals surface area contributed by atoms with Crippen LogP contribution in [-0.2, 0) is 17.6 Å². The van der Waals surface area contributed by atoms with E-state index in [1.54, 1.807) is 11.3 Å². The van der Waals surface area contributed by atoms with Gasteiger partial charge in [-0.15, -0.1) is 11.3 Å². The Balaban J connectivity index is 2.26. The molecule has 0 aromatic carbocycles. The number of hydrogen-bond donors (Lipinski definition) is 1. The molecule has 1 aliphatic rings. The third-order valence-electron chi connectivity index (χ3n) is 5.19. The smallest absolute Gasteiger partial charge is 0.228 e. The van der Waals surface area contributed by atoms with Crippen molar-refractivity contribution in [3.05, 3.63) is 16.0 Å². The number of thiophene rings is 1. The summed E-state index contributed by atoms with van der Waals surface area (Å²) in [6.45, 7) is 10.9. The number of nitrogens with zero attached hydrogens (tertiary/aromatic N) is 1. The number of rotatable bonds is 4. The highest BCUT2D eigenvalue weighted by molar-refractivity contribution is 7.16. The van der Waals surface area contributed by atoms with Crippen LogP contribution in [0.3, 0.4) is 0 Å². The summed E-state index contributed by atoms with van der Waals surface area (Å²) >= 11 is 1.62. The Bertz CT molecular complexity index is 615. The van der Waals surface area contributed by atoms with Crippen LogP contribution < -0.4 is 5.32 Å². The van der Waals surface area contributed by atoms with Crippen LogP contribution in [0.25, 0.3) is 0 Å². The maximum atomic E-state index is 12.4. The molecule has 1 atom stereocenters. The second kappa shape index (κ2) is 7.05. The Kier molecular flexibility index (Phi) is 5.52. The Morgan fingerprint density at radius 1 is 1.39 bits per heavy atom. The van der Waals surface area contributed by atoms with Gasteiger partial charge in [-0.25, -0.2) is 0 Å². The zero-order valence-corrected chi connectivity index (χ0v) is 15.8. The normalized spacial score (nSPS) is 17.7. The molecular weight excluding hydrogens is 304 g/mol. The van der Waals surface area contributed by atoms with E-state index in [2.05, 4.69) is 32.2 Å². The van der Waals surface area contributed by atoms with Crippen molar-refractivity contribution in [1.82, 2.24) is 0 Å². The van der Waals surface area contributed by atoms with Gasteiger partial charge in [-0.2, -0.15) is 5.26 Å². The fourth-order valence-corrected chi connectivity index (χ4v) is 4.69. The third kappa shape index (κ3) is 3.77. The highest BCUT2D eigenvalue weighted by Gasteiger charge is 2.32. The van der Waals surface area contributed by atoms with Crippen LogP contribution in [0.2, 0.25) is 0 Å². The molecule has 126 valence electrons. The van der Waals surface area contributed by atoms with Crippen LogP contribution in [0, 0.1) is 28.6 Å². The van der Waals surface area contributed by atoms with E-state index in [1.807, 2.05) is 13.8 Å². The highest BCUT2D eigenvalue weighted by atomic mass is 32.1. The second-order valence-corrected chi connectivity index (χ2v) is 8.73. The summed E-state index contributed by atoms with van der Waals surface area (Å²) in [5.74, 6) is 0.725. The Morgan fingerprint density at radius 2 is 2.04 bits per heavy atom. The van der Waals surface area contributed by atoms with Crippen molar-refractivity contribution in [2.75, 3.05) is 5.32 Å². The van der Waals surface area contributed by atoms with E-state index in [9.17, 15) is 10.1 Å². The fourth-order valence-electron chi connectivity index (χ4n) is 3.40. The maximum Gasteiger partial charge on any atom is 0.228 e. The molecule has 1 amide bonds. The topological polar surface area (TPSA) is 52.9 Å². The van der Waals surface area contributed by atoms with Crippen molar-refractivity contribution in [2.24, 2.45) is 17.3 Å². The highest BCUT2D eigenvalue weighted by Crippen LogP contribution is 2.44. The van der Waals surface area contributed by atoms with Gasteiger partial charge in [-0.05, 0) is 49.0 Å². The van der Waals surface area contributed by atoms with Gasteiger partial charge in [0.25, 0.3) is 0 Å². The zero-order valence-electron chi connectivity index (χ0n) is 15.0. The molecule has 0 saturated carbocycles. The van der Waals surface area contributed by atoms with Crippen molar-refractivity contribution in [3.63, 3.8) is 0 Å². The molecule has 1 aromatic heterocycles. The van der Waals surface area contributed by atoms with Gasteiger partial charge in [-0.1, -0.05) is 34.6 Å². The molecule has 0 aliphatic heterocycles. The molecule has 3 nitrogen and oxygen atoms in total. The van der Waals surface area contributed by atoms with Gasteiger partial charge < -0.3 is 5.32 Å². The third-order valence-corrected chi connectivity index (χ3v) is 6.36. The molecule has 0 saturated heterocycles. The molecule has 0 bridgehead atoms. The lowest BCUT2D eigenvalue weighted by Crippen LogP contribution is -2.26. The van der Waals surface area contributed by atoms with Crippen LogP contribution in [-0.4, -0.2) is 5.91 Å². The summed E-state index contributed by atoms with van der Waals surface area (Å²) in [4.78, 5) is 13.7. The summed E-state index contributed by atoms with van der Waals surface area (Å²) < 4.78 is 0. The number of fused-ring (bicyclic) bond motifs is 1. The number of carbonyl (C=O) groups is 1. The fraction of sp³-hybridized carbons (Fsp3) is 0.684. The van der Waals surface area contributed by atoms with Crippen molar-refractivity contribution in [3.8, 4) is 6.07 Å². The van der Waals surface area contributed by atoms with Crippen molar-refractivity contribution in [2.45, 2.75) is 66.7 Å². The van der Waals surface area contributed by atoms with E-state index >= 15 is 0 Å². The Labute approximate surface area is 144 Å². The van der Waals surface area contributed by atoms with Crippen LogP contribution in [0.1, 0.15) is 69.9 Å². The molecule has 1 unspecified atom stereocenters. The Morgan fingerprint density at radius 3 is 2.57 bits per heavy atom. The molecule has 1 aliphatic carbocycles. The number of carbonyl (C=O) groups excluding carboxylic acids is 1. The first kappa shape index (κ1) is 18.0. The van der Waals surface area contributed by atoms with Crippen LogP contribution in [0.4, 0.5) is 5.00 Å². The van der Waals surface area contributed by atoms with Gasteiger partial charge in [-0.3, -0.25) is 4.79 Å². The zero-order chi connectivity index (χ0) is 17.2. The minimum Gasteiger partial charge on any atom is -0.316 e. The predicted octanol–water partition coefficient (Wildman–Crippen LogP) is 5.15. The molecule has 0 spiro atoms. The van der Waals surface area contributed by atoms with E-state index < -0.39 is 0 Å². The monoisotopic (exact) mass is 332 g/mol. The van der Waals surface area contributed by atoms with Crippen molar-refractivity contribution in [1.29, 1.82) is 5.26 Å². The molecular formula is C19H28N2OS. The van der Waals surface area contributed by atoms with Gasteiger partial charge in [0, 0.05) is 10.8 Å². The van der Waals surface area contributed by atoms with Crippen LogP contribution >= 0.6 is 11.3 Å². The summed E-state index contributed by atoms with van der Waals surface area (Å²) in [7, 11) is 0. The molecule has 1 N–H and O–H groups in total. The van der Waals surface area contributed by atoms with Gasteiger partial charge in [0.2, 0.25) is 5.91 Å². The van der Waals surface area contributed by atoms with Gasteiger partial charge in [0.1, 0.15) is 11.1 Å². The second-order valence-electron chi connectivity index (χ2n) is 7.63. The minimum absolute atomic E-state index is 0.0306. The van der Waals surface area contributed by atoms with E-state index in [4.69, 9.17) is 0 Å². The van der Waals surface area contributed by atoms with E-state index in [-0.39, 0.29) is 17.2 Å². The molecule has 0 fully saturated rings. The average molecular weight is 333 g/mol. The van der Waals surface area contributed by atoms with E-state index in [1.165, 1.54) is 10.4 Å². The quantitative estimate of drug-likeness (QED) is 0.829. The number of nitriles is 1. The largest absolute Gasteiger partial charge is 0.316 e. The number of hydrogen-bond acceptors (Lipinski definition) is 3. The summed E-state index contributed by atoms with van der Waals surface area (Å²) in [5.41, 5.74) is 2.17. The lowest BCUT2D eigenvalue weighted by molar-refractivity contribution is -0.120. The minimum atomic E-state index is 0.0306. The lowest BCUT2D eigenvalue weighted by atomic mass is 9.72. The summed E-state index contributed by atoms with van der Waals surface area (Å²) in [6.07, 6.45) is 4.78. The van der Waals surface area contributed by atoms with E-state index in [0.29, 0.717) is 11.5 Å². The van der Waals surface area contributed by atoms with E-state index in [0.717, 1.165) is 37.1 Å². The maximum absolute atomic E-state index is 12.4. The van der Waals surface area contributed by atoms with Gasteiger partial charge in [0.05, 0.1) is 5.56 Å². The first-order valence-electron chi connectivity index (χ1n) is 8.67. The summed E-state index contributed by atoms with van der Waals surface area (Å²) in [5, 5.41) is 13.4. The molecule has 0 radical (unpaired) electrons. The Hall–Kier alpha value is -1.34. The number of amides is 1. The van der Waals surface area contributed by atoms with Crippen molar-refractivity contribution >= 4 is 22.2 Å². The van der Waals surface area contributed by atoms with Crippen LogP contribution in [0.15, 0.2) is 0 Å². The van der Waals surface area contributed by atoms with Gasteiger partial charge in [0.15, 0.2) is 0 Å². The van der Waals surface area contributed by atoms with Crippen molar-refractivity contribution < 1.29 is 4.79 Å². The molecule has 1 heterocycles. The molecule has 23 heavy (non-hydrogen) atoms. The first-order chi connectivity index (χ1) is 10.8. The summed E-state index contributed by atoms with van der Waals surface area (Å²) in [6, 6.07) is 2.33. The number of nitrogens with one attached hydrogen (secondary N) is 1. The first-order valence-corrected chi connectivity index (χ1v) is 9.48. The lowest BCUT2D eigenvalue weighted by Gasteiger charge is -2.33. The SMILES string of the molecule is CCC(CC)C(=O)Nc1sc2c(c1C#N)CCC(C(C)(C)C)C2. The standard InChI is InChI=1S/C19H28N2OS/c1-6-12(7-2)17(22)21-18-15(11-20)14-9-8-13(19(3,4)5)10-16(14)23-18/h12-13H,6-10H2,1-5H3,(H,21,22).